The van der Waals surface area contributed by atoms with Crippen LogP contribution in [0.25, 0.3) is 0 Å². The summed E-state index contributed by atoms with van der Waals surface area (Å²) < 4.78 is 0. The molecular weight excluding hydrogens is 314 g/mol. The minimum atomic E-state index is 0.119. The molecule has 1 saturated carbocycles. The molecular formula is C19H37N5O. The minimum absolute atomic E-state index is 0.119. The van der Waals surface area contributed by atoms with Gasteiger partial charge in [-0.15, -0.1) is 0 Å². The van der Waals surface area contributed by atoms with E-state index in [0.29, 0.717) is 11.9 Å². The summed E-state index contributed by atoms with van der Waals surface area (Å²) in [5, 5.41) is 10.3. The number of nitrogens with one attached hydrogen (secondary N) is 3. The molecule has 1 amide bonds. The van der Waals surface area contributed by atoms with Gasteiger partial charge in [0.2, 0.25) is 5.91 Å². The van der Waals surface area contributed by atoms with E-state index in [4.69, 9.17) is 0 Å². The molecule has 1 aliphatic heterocycles. The van der Waals surface area contributed by atoms with Crippen molar-refractivity contribution in [3.05, 3.63) is 0 Å². The number of carbonyl (C=O) groups is 1. The highest BCUT2D eigenvalue weighted by Gasteiger charge is 2.32. The van der Waals surface area contributed by atoms with E-state index in [1.807, 2.05) is 0 Å². The Hall–Kier alpha value is -1.30. The summed E-state index contributed by atoms with van der Waals surface area (Å²) in [6.07, 6.45) is 5.59. The monoisotopic (exact) mass is 351 g/mol. The number of likely N-dealkylation sites (tertiary alicyclic amines) is 1. The number of amides is 1. The number of carbonyl (C=O) groups excluding carboxylic acids is 1. The van der Waals surface area contributed by atoms with E-state index in [0.717, 1.165) is 57.9 Å². The Morgan fingerprint density at radius 1 is 1.20 bits per heavy atom. The molecule has 0 aromatic heterocycles. The number of nitrogens with zero attached hydrogens (tertiary/aromatic N) is 2. The van der Waals surface area contributed by atoms with Crippen LogP contribution in [0.5, 0.6) is 0 Å². The first-order valence-corrected chi connectivity index (χ1v) is 9.97. The lowest BCUT2D eigenvalue weighted by atomic mass is 10.1. The second-order valence-corrected chi connectivity index (χ2v) is 8.33. The average molecular weight is 352 g/mol. The highest BCUT2D eigenvalue weighted by Crippen LogP contribution is 2.27. The predicted molar refractivity (Wildman–Crippen MR) is 104 cm³/mol. The highest BCUT2D eigenvalue weighted by atomic mass is 16.2. The standard InChI is InChI=1S/C19H37N5O/c1-5-20-18(21-11-12-22-19(2,3)4)23-16-10-13-24(14-16)17(25)15-8-6-7-9-15/h15-16,22H,5-14H2,1-4H3,(H2,20,21,23). The summed E-state index contributed by atoms with van der Waals surface area (Å²) in [5.41, 5.74) is 0.119. The van der Waals surface area contributed by atoms with Crippen LogP contribution in [-0.2, 0) is 4.79 Å². The zero-order chi connectivity index (χ0) is 18.3. The predicted octanol–water partition coefficient (Wildman–Crippen LogP) is 1.72. The summed E-state index contributed by atoms with van der Waals surface area (Å²) in [4.78, 5) is 19.3. The van der Waals surface area contributed by atoms with Gasteiger partial charge in [-0.3, -0.25) is 9.79 Å². The molecule has 2 rings (SSSR count). The van der Waals surface area contributed by atoms with Crippen molar-refractivity contribution in [3.63, 3.8) is 0 Å². The molecule has 0 radical (unpaired) electrons. The molecule has 2 fully saturated rings. The summed E-state index contributed by atoms with van der Waals surface area (Å²) in [6, 6.07) is 0.304. The van der Waals surface area contributed by atoms with Crippen LogP contribution in [0.1, 0.15) is 59.8 Å². The molecule has 0 aromatic rings. The Balaban J connectivity index is 1.78. The molecule has 1 heterocycles. The molecule has 1 saturated heterocycles. The third-order valence-corrected chi connectivity index (χ3v) is 4.93. The van der Waals surface area contributed by atoms with E-state index in [-0.39, 0.29) is 11.5 Å². The number of aliphatic imine (C=N–C) groups is 1. The zero-order valence-corrected chi connectivity index (χ0v) is 16.5. The first-order chi connectivity index (χ1) is 11.9. The molecule has 1 aliphatic carbocycles. The fourth-order valence-corrected chi connectivity index (χ4v) is 3.62. The van der Waals surface area contributed by atoms with Crippen LogP contribution >= 0.6 is 0 Å². The third-order valence-electron chi connectivity index (χ3n) is 4.93. The summed E-state index contributed by atoms with van der Waals surface area (Å²) in [7, 11) is 0. The van der Waals surface area contributed by atoms with Gasteiger partial charge >= 0.3 is 0 Å². The molecule has 0 spiro atoms. The van der Waals surface area contributed by atoms with Crippen molar-refractivity contribution >= 4 is 11.9 Å². The van der Waals surface area contributed by atoms with Crippen molar-refractivity contribution < 1.29 is 4.79 Å². The van der Waals surface area contributed by atoms with Crippen LogP contribution in [-0.4, -0.2) is 61.1 Å². The van der Waals surface area contributed by atoms with Crippen molar-refractivity contribution in [1.82, 2.24) is 20.9 Å². The second kappa shape index (κ2) is 9.41. The fourth-order valence-electron chi connectivity index (χ4n) is 3.62. The van der Waals surface area contributed by atoms with Gasteiger partial charge in [0, 0.05) is 43.7 Å². The van der Waals surface area contributed by atoms with Crippen LogP contribution in [0.15, 0.2) is 4.99 Å². The lowest BCUT2D eigenvalue weighted by Gasteiger charge is -2.22. The van der Waals surface area contributed by atoms with E-state index < -0.39 is 0 Å². The molecule has 0 aromatic carbocycles. The normalized spacial score (nSPS) is 22.5. The maximum absolute atomic E-state index is 12.6. The summed E-state index contributed by atoms with van der Waals surface area (Å²) in [6.45, 7) is 12.7. The Morgan fingerprint density at radius 2 is 1.92 bits per heavy atom. The number of hydrogen-bond acceptors (Lipinski definition) is 3. The Kier molecular flexibility index (Phi) is 7.54. The summed E-state index contributed by atoms with van der Waals surface area (Å²) >= 11 is 0. The second-order valence-electron chi connectivity index (χ2n) is 8.33. The first kappa shape index (κ1) is 20.0. The van der Waals surface area contributed by atoms with Crippen molar-refractivity contribution in [2.45, 2.75) is 71.4 Å². The number of hydrogen-bond donors (Lipinski definition) is 3. The zero-order valence-electron chi connectivity index (χ0n) is 16.5. The van der Waals surface area contributed by atoms with Crippen molar-refractivity contribution in [3.8, 4) is 0 Å². The van der Waals surface area contributed by atoms with Crippen molar-refractivity contribution in [2.75, 3.05) is 32.7 Å². The average Bonchev–Trinajstić information content (AvgIpc) is 3.21. The third kappa shape index (κ3) is 6.84. The molecule has 1 atom stereocenters. The van der Waals surface area contributed by atoms with E-state index in [1.54, 1.807) is 0 Å². The Morgan fingerprint density at radius 3 is 2.56 bits per heavy atom. The molecule has 0 bridgehead atoms. The molecule has 144 valence electrons. The first-order valence-electron chi connectivity index (χ1n) is 9.97. The maximum Gasteiger partial charge on any atom is 0.225 e. The van der Waals surface area contributed by atoms with Crippen LogP contribution < -0.4 is 16.0 Å². The lowest BCUT2D eigenvalue weighted by Crippen LogP contribution is -2.46. The topological polar surface area (TPSA) is 68.8 Å². The fraction of sp³-hybridized carbons (Fsp3) is 0.895. The minimum Gasteiger partial charge on any atom is -0.357 e. The van der Waals surface area contributed by atoms with Gasteiger partial charge in [-0.05, 0) is 47.0 Å². The largest absolute Gasteiger partial charge is 0.357 e. The summed E-state index contributed by atoms with van der Waals surface area (Å²) in [5.74, 6) is 1.51. The van der Waals surface area contributed by atoms with Gasteiger partial charge in [0.1, 0.15) is 0 Å². The van der Waals surface area contributed by atoms with Crippen LogP contribution in [0, 0.1) is 5.92 Å². The van der Waals surface area contributed by atoms with E-state index >= 15 is 0 Å². The molecule has 25 heavy (non-hydrogen) atoms. The van der Waals surface area contributed by atoms with E-state index in [9.17, 15) is 4.79 Å². The van der Waals surface area contributed by atoms with E-state index in [2.05, 4.69) is 53.5 Å². The molecule has 3 N–H and O–H groups in total. The quantitative estimate of drug-likeness (QED) is 0.387. The van der Waals surface area contributed by atoms with Crippen LogP contribution in [0.2, 0.25) is 0 Å². The number of rotatable bonds is 6. The highest BCUT2D eigenvalue weighted by molar-refractivity contribution is 5.81. The Bertz CT molecular complexity index is 451. The van der Waals surface area contributed by atoms with Gasteiger partial charge in [-0.2, -0.15) is 0 Å². The Labute approximate surface area is 153 Å². The molecule has 6 heteroatoms. The van der Waals surface area contributed by atoms with Crippen molar-refractivity contribution in [1.29, 1.82) is 0 Å². The van der Waals surface area contributed by atoms with Crippen molar-refractivity contribution in [2.24, 2.45) is 10.9 Å². The van der Waals surface area contributed by atoms with Crippen LogP contribution in [0.4, 0.5) is 0 Å². The smallest absolute Gasteiger partial charge is 0.225 e. The van der Waals surface area contributed by atoms with Gasteiger partial charge in [0.05, 0.1) is 6.54 Å². The van der Waals surface area contributed by atoms with Gasteiger partial charge in [0.15, 0.2) is 5.96 Å². The van der Waals surface area contributed by atoms with Gasteiger partial charge < -0.3 is 20.9 Å². The van der Waals surface area contributed by atoms with Gasteiger partial charge in [-0.25, -0.2) is 0 Å². The molecule has 2 aliphatic rings. The van der Waals surface area contributed by atoms with E-state index in [1.165, 1.54) is 12.8 Å². The van der Waals surface area contributed by atoms with Crippen LogP contribution in [0.3, 0.4) is 0 Å². The number of guanidine groups is 1. The van der Waals surface area contributed by atoms with Gasteiger partial charge in [0.25, 0.3) is 0 Å². The molecule has 1 unspecified atom stereocenters. The maximum atomic E-state index is 12.6. The SMILES string of the molecule is CCNC(=NCCNC(C)(C)C)NC1CCN(C(=O)C2CCCC2)C1. The lowest BCUT2D eigenvalue weighted by molar-refractivity contribution is -0.134. The van der Waals surface area contributed by atoms with Gasteiger partial charge in [-0.1, -0.05) is 12.8 Å². The molecule has 6 nitrogen and oxygen atoms in total.